The van der Waals surface area contributed by atoms with Crippen molar-refractivity contribution in [2.75, 3.05) is 5.32 Å². The fourth-order valence-corrected chi connectivity index (χ4v) is 3.21. The van der Waals surface area contributed by atoms with Gasteiger partial charge in [0.05, 0.1) is 11.7 Å². The largest absolute Gasteiger partial charge is 0.360 e. The molecule has 3 aromatic rings. The molecule has 0 saturated heterocycles. The summed E-state index contributed by atoms with van der Waals surface area (Å²) in [7, 11) is 0. The number of aromatic nitrogens is 5. The maximum atomic E-state index is 4.46. The normalized spacial score (nSPS) is 12.3. The van der Waals surface area contributed by atoms with E-state index in [1.807, 2.05) is 38.2 Å². The van der Waals surface area contributed by atoms with Crippen molar-refractivity contribution in [3.8, 4) is 5.82 Å². The molecule has 0 bridgehead atoms. The van der Waals surface area contributed by atoms with Crippen LogP contribution in [0.5, 0.6) is 0 Å². The van der Waals surface area contributed by atoms with E-state index < -0.39 is 0 Å². The third kappa shape index (κ3) is 3.39. The number of nitrogens with zero attached hydrogens (tertiary/aromatic N) is 5. The van der Waals surface area contributed by atoms with Gasteiger partial charge in [-0.25, -0.2) is 9.67 Å². The summed E-state index contributed by atoms with van der Waals surface area (Å²) in [4.78, 5) is 5.75. The Kier molecular flexibility index (Phi) is 4.38. The fourth-order valence-electron chi connectivity index (χ4n) is 2.35. The number of rotatable bonds is 5. The standard InChI is InChI=1S/C16H20N6S/c1-5-13-9-17-16(23-13)12(4)18-14-6-7-15(20-19-14)22-11(3)8-10(2)21-22/h6-9,12H,5H2,1-4H3,(H,18,19). The minimum Gasteiger partial charge on any atom is -0.360 e. The lowest BCUT2D eigenvalue weighted by molar-refractivity contribution is 0.776. The lowest BCUT2D eigenvalue weighted by Gasteiger charge is -2.11. The molecule has 7 heteroatoms. The van der Waals surface area contributed by atoms with E-state index in [0.29, 0.717) is 0 Å². The number of aryl methyl sites for hydroxylation is 3. The van der Waals surface area contributed by atoms with Crippen LogP contribution < -0.4 is 5.32 Å². The van der Waals surface area contributed by atoms with Gasteiger partial charge in [0, 0.05) is 16.8 Å². The molecule has 3 rings (SSSR count). The van der Waals surface area contributed by atoms with E-state index in [4.69, 9.17) is 0 Å². The van der Waals surface area contributed by atoms with Crippen molar-refractivity contribution in [3.05, 3.63) is 45.7 Å². The Bertz CT molecular complexity index is 789. The molecule has 0 aliphatic carbocycles. The second-order valence-electron chi connectivity index (χ2n) is 5.50. The highest BCUT2D eigenvalue weighted by atomic mass is 32.1. The fraction of sp³-hybridized carbons (Fsp3) is 0.375. The minimum atomic E-state index is 0.106. The Morgan fingerprint density at radius 3 is 2.65 bits per heavy atom. The van der Waals surface area contributed by atoms with E-state index in [1.165, 1.54) is 4.88 Å². The molecule has 1 unspecified atom stereocenters. The molecule has 6 nitrogen and oxygen atoms in total. The smallest absolute Gasteiger partial charge is 0.176 e. The van der Waals surface area contributed by atoms with Gasteiger partial charge >= 0.3 is 0 Å². The highest BCUT2D eigenvalue weighted by Gasteiger charge is 2.11. The summed E-state index contributed by atoms with van der Waals surface area (Å²) in [5.41, 5.74) is 2.01. The predicted octanol–water partition coefficient (Wildman–Crippen LogP) is 3.47. The van der Waals surface area contributed by atoms with Gasteiger partial charge in [0.2, 0.25) is 0 Å². The monoisotopic (exact) mass is 328 g/mol. The second-order valence-corrected chi connectivity index (χ2v) is 6.65. The first-order chi connectivity index (χ1) is 11.1. The van der Waals surface area contributed by atoms with Crippen LogP contribution in [-0.2, 0) is 6.42 Å². The number of nitrogens with one attached hydrogen (secondary N) is 1. The summed E-state index contributed by atoms with van der Waals surface area (Å²) in [5.74, 6) is 1.45. The number of anilines is 1. The number of thiazole rings is 1. The van der Waals surface area contributed by atoms with Crippen molar-refractivity contribution in [2.45, 2.75) is 40.2 Å². The average molecular weight is 328 g/mol. The van der Waals surface area contributed by atoms with Crippen LogP contribution in [0.1, 0.15) is 41.2 Å². The summed E-state index contributed by atoms with van der Waals surface area (Å²) in [6.45, 7) is 8.18. The van der Waals surface area contributed by atoms with Crippen molar-refractivity contribution >= 4 is 17.2 Å². The third-order valence-electron chi connectivity index (χ3n) is 3.53. The average Bonchev–Trinajstić information content (AvgIpc) is 3.14. The van der Waals surface area contributed by atoms with E-state index >= 15 is 0 Å². The van der Waals surface area contributed by atoms with Gasteiger partial charge in [-0.2, -0.15) is 5.10 Å². The molecule has 0 saturated carbocycles. The summed E-state index contributed by atoms with van der Waals surface area (Å²) >= 11 is 1.73. The van der Waals surface area contributed by atoms with Crippen LogP contribution in [0.25, 0.3) is 5.82 Å². The summed E-state index contributed by atoms with van der Waals surface area (Å²) in [6, 6.07) is 5.96. The first-order valence-corrected chi connectivity index (χ1v) is 8.47. The van der Waals surface area contributed by atoms with Gasteiger partial charge in [-0.3, -0.25) is 0 Å². The van der Waals surface area contributed by atoms with Crippen LogP contribution in [0, 0.1) is 13.8 Å². The molecule has 0 aliphatic heterocycles. The van der Waals surface area contributed by atoms with Gasteiger partial charge in [0.15, 0.2) is 5.82 Å². The van der Waals surface area contributed by atoms with Gasteiger partial charge < -0.3 is 5.32 Å². The molecular formula is C16H20N6S. The predicted molar refractivity (Wildman–Crippen MR) is 92.2 cm³/mol. The van der Waals surface area contributed by atoms with E-state index in [2.05, 4.69) is 39.4 Å². The Hall–Kier alpha value is -2.28. The van der Waals surface area contributed by atoms with E-state index in [1.54, 1.807) is 16.0 Å². The molecule has 0 fully saturated rings. The number of hydrogen-bond donors (Lipinski definition) is 1. The molecule has 0 aliphatic rings. The van der Waals surface area contributed by atoms with E-state index in [0.717, 1.165) is 34.5 Å². The SMILES string of the molecule is CCc1cnc(C(C)Nc2ccc(-n3nc(C)cc3C)nn2)s1. The van der Waals surface area contributed by atoms with Crippen LogP contribution in [0.2, 0.25) is 0 Å². The molecule has 0 amide bonds. The molecule has 1 N–H and O–H groups in total. The third-order valence-corrected chi connectivity index (χ3v) is 4.86. The van der Waals surface area contributed by atoms with Gasteiger partial charge in [0.25, 0.3) is 0 Å². The van der Waals surface area contributed by atoms with E-state index in [-0.39, 0.29) is 6.04 Å². The summed E-state index contributed by atoms with van der Waals surface area (Å²) in [6.07, 6.45) is 2.96. The second kappa shape index (κ2) is 6.45. The van der Waals surface area contributed by atoms with Crippen LogP contribution in [0.4, 0.5) is 5.82 Å². The van der Waals surface area contributed by atoms with Crippen LogP contribution >= 0.6 is 11.3 Å². The molecule has 0 aromatic carbocycles. The summed E-state index contributed by atoms with van der Waals surface area (Å²) < 4.78 is 1.80. The highest BCUT2D eigenvalue weighted by molar-refractivity contribution is 7.11. The molecular weight excluding hydrogens is 308 g/mol. The Morgan fingerprint density at radius 2 is 2.09 bits per heavy atom. The van der Waals surface area contributed by atoms with Gasteiger partial charge in [-0.15, -0.1) is 21.5 Å². The maximum absolute atomic E-state index is 4.46. The zero-order valence-corrected chi connectivity index (χ0v) is 14.6. The molecule has 120 valence electrons. The van der Waals surface area contributed by atoms with Crippen molar-refractivity contribution in [3.63, 3.8) is 0 Å². The lowest BCUT2D eigenvalue weighted by Crippen LogP contribution is -2.09. The van der Waals surface area contributed by atoms with Crippen molar-refractivity contribution in [1.29, 1.82) is 0 Å². The summed E-state index contributed by atoms with van der Waals surface area (Å²) in [5, 5.41) is 17.3. The van der Waals surface area contributed by atoms with Crippen LogP contribution in [0.3, 0.4) is 0 Å². The minimum absolute atomic E-state index is 0.106. The first kappa shape index (κ1) is 15.6. The zero-order valence-electron chi connectivity index (χ0n) is 13.7. The Balaban J connectivity index is 1.73. The molecule has 3 aromatic heterocycles. The maximum Gasteiger partial charge on any atom is 0.176 e. The molecule has 0 spiro atoms. The highest BCUT2D eigenvalue weighted by Crippen LogP contribution is 2.23. The molecule has 3 heterocycles. The Labute approximate surface area is 139 Å². The van der Waals surface area contributed by atoms with Crippen molar-refractivity contribution in [1.82, 2.24) is 25.0 Å². The first-order valence-electron chi connectivity index (χ1n) is 7.65. The Morgan fingerprint density at radius 1 is 1.26 bits per heavy atom. The van der Waals surface area contributed by atoms with Crippen molar-refractivity contribution < 1.29 is 0 Å². The lowest BCUT2D eigenvalue weighted by atomic mass is 10.3. The molecule has 0 radical (unpaired) electrons. The van der Waals surface area contributed by atoms with Gasteiger partial charge in [-0.1, -0.05) is 6.92 Å². The van der Waals surface area contributed by atoms with Gasteiger partial charge in [0.1, 0.15) is 10.8 Å². The number of hydrogen-bond acceptors (Lipinski definition) is 6. The van der Waals surface area contributed by atoms with Crippen molar-refractivity contribution in [2.24, 2.45) is 0 Å². The zero-order chi connectivity index (χ0) is 16.4. The quantitative estimate of drug-likeness (QED) is 0.776. The molecule has 1 atom stereocenters. The molecule has 23 heavy (non-hydrogen) atoms. The van der Waals surface area contributed by atoms with Gasteiger partial charge in [-0.05, 0) is 45.4 Å². The van der Waals surface area contributed by atoms with E-state index in [9.17, 15) is 0 Å². The van der Waals surface area contributed by atoms with Crippen LogP contribution in [-0.4, -0.2) is 25.0 Å². The van der Waals surface area contributed by atoms with Crippen LogP contribution in [0.15, 0.2) is 24.4 Å². The topological polar surface area (TPSA) is 68.5 Å².